The van der Waals surface area contributed by atoms with Crippen LogP contribution in [0.15, 0.2) is 55.4 Å². The Labute approximate surface area is 143 Å². The first kappa shape index (κ1) is 15.5. The van der Waals surface area contributed by atoms with Gasteiger partial charge >= 0.3 is 0 Å². The van der Waals surface area contributed by atoms with E-state index in [4.69, 9.17) is 0 Å². The number of hydrogen-bond acceptors (Lipinski definition) is 4. The van der Waals surface area contributed by atoms with Gasteiger partial charge in [0.05, 0.1) is 30.5 Å². The van der Waals surface area contributed by atoms with E-state index in [1.807, 2.05) is 21.4 Å². The van der Waals surface area contributed by atoms with Crippen molar-refractivity contribution < 1.29 is 9.50 Å². The molecule has 0 saturated heterocycles. The van der Waals surface area contributed by atoms with Crippen LogP contribution >= 0.6 is 0 Å². The van der Waals surface area contributed by atoms with Gasteiger partial charge in [-0.1, -0.05) is 0 Å². The van der Waals surface area contributed by atoms with Crippen LogP contribution in [0, 0.1) is 5.82 Å². The molecule has 1 N–H and O–H groups in total. The largest absolute Gasteiger partial charge is 0.395 e. The quantitative estimate of drug-likeness (QED) is 0.607. The van der Waals surface area contributed by atoms with E-state index in [9.17, 15) is 9.50 Å². The zero-order valence-electron chi connectivity index (χ0n) is 13.4. The maximum atomic E-state index is 13.6. The summed E-state index contributed by atoms with van der Waals surface area (Å²) in [6.45, 7) is 0.924. The molecule has 7 heteroatoms. The zero-order chi connectivity index (χ0) is 17.2. The molecule has 0 atom stereocenters. The highest BCUT2D eigenvalue weighted by Crippen LogP contribution is 2.25. The summed E-state index contributed by atoms with van der Waals surface area (Å²) in [5.74, 6) is 0.333. The van der Waals surface area contributed by atoms with Crippen LogP contribution in [0.2, 0.25) is 0 Å². The summed E-state index contributed by atoms with van der Waals surface area (Å²) in [5.41, 5.74) is 3.17. The van der Waals surface area contributed by atoms with Crippen LogP contribution in [0.5, 0.6) is 0 Å². The van der Waals surface area contributed by atoms with E-state index >= 15 is 0 Å². The number of aliphatic hydroxyl groups is 1. The molecule has 3 aromatic heterocycles. The average Bonchev–Trinajstić information content (AvgIpc) is 3.24. The smallest absolute Gasteiger partial charge is 0.142 e. The van der Waals surface area contributed by atoms with Gasteiger partial charge in [0.25, 0.3) is 0 Å². The second-order valence-electron chi connectivity index (χ2n) is 5.76. The van der Waals surface area contributed by atoms with Crippen molar-refractivity contribution in [2.45, 2.75) is 13.1 Å². The van der Waals surface area contributed by atoms with Crippen molar-refractivity contribution in [2.75, 3.05) is 6.61 Å². The van der Waals surface area contributed by atoms with Crippen molar-refractivity contribution in [2.24, 2.45) is 0 Å². The van der Waals surface area contributed by atoms with E-state index < -0.39 is 0 Å². The van der Waals surface area contributed by atoms with E-state index in [-0.39, 0.29) is 12.4 Å². The molecule has 6 nitrogen and oxygen atoms in total. The molecule has 0 bridgehead atoms. The molecular weight excluding hydrogens is 321 g/mol. The van der Waals surface area contributed by atoms with E-state index in [2.05, 4.69) is 15.0 Å². The van der Waals surface area contributed by atoms with Gasteiger partial charge in [-0.15, -0.1) is 0 Å². The SMILES string of the molecule is OCCn1c(-c2cncc(Cn3ccnc3)c2)nc2ccc(F)cc21. The Balaban J connectivity index is 1.79. The second kappa shape index (κ2) is 6.45. The fourth-order valence-corrected chi connectivity index (χ4v) is 2.93. The Hall–Kier alpha value is -3.06. The lowest BCUT2D eigenvalue weighted by molar-refractivity contribution is 0.278. The topological polar surface area (TPSA) is 68.8 Å². The molecule has 0 aliphatic rings. The van der Waals surface area contributed by atoms with Gasteiger partial charge < -0.3 is 14.2 Å². The van der Waals surface area contributed by atoms with Gasteiger partial charge in [-0.25, -0.2) is 14.4 Å². The average molecular weight is 337 g/mol. The first-order valence-corrected chi connectivity index (χ1v) is 7.91. The van der Waals surface area contributed by atoms with Crippen molar-refractivity contribution >= 4 is 11.0 Å². The number of hydrogen-bond donors (Lipinski definition) is 1. The molecule has 0 radical (unpaired) electrons. The monoisotopic (exact) mass is 337 g/mol. The van der Waals surface area contributed by atoms with Crippen LogP contribution in [-0.2, 0) is 13.1 Å². The standard InChI is InChI=1S/C18H16FN5O/c19-15-1-2-16-17(8-15)24(5-6-25)18(22-16)14-7-13(9-21-10-14)11-23-4-3-20-12-23/h1-4,7-10,12,25H,5-6,11H2. The lowest BCUT2D eigenvalue weighted by atomic mass is 10.2. The minimum atomic E-state index is -0.329. The Morgan fingerprint density at radius 3 is 2.84 bits per heavy atom. The molecule has 0 spiro atoms. The highest BCUT2D eigenvalue weighted by atomic mass is 19.1. The van der Waals surface area contributed by atoms with Gasteiger partial charge in [0.1, 0.15) is 11.6 Å². The van der Waals surface area contributed by atoms with Crippen LogP contribution in [0.1, 0.15) is 5.56 Å². The van der Waals surface area contributed by atoms with Crippen LogP contribution in [0.25, 0.3) is 22.4 Å². The summed E-state index contributed by atoms with van der Waals surface area (Å²) in [4.78, 5) is 13.0. The van der Waals surface area contributed by atoms with Crippen molar-refractivity contribution in [3.63, 3.8) is 0 Å². The molecule has 25 heavy (non-hydrogen) atoms. The van der Waals surface area contributed by atoms with Crippen LogP contribution in [0.3, 0.4) is 0 Å². The van der Waals surface area contributed by atoms with E-state index in [1.165, 1.54) is 12.1 Å². The van der Waals surface area contributed by atoms with Crippen molar-refractivity contribution in [1.29, 1.82) is 0 Å². The van der Waals surface area contributed by atoms with Gasteiger partial charge in [-0.05, 0) is 29.8 Å². The molecule has 3 heterocycles. The number of pyridine rings is 1. The third kappa shape index (κ3) is 3.01. The lowest BCUT2D eigenvalue weighted by Gasteiger charge is -2.09. The van der Waals surface area contributed by atoms with Crippen molar-refractivity contribution in [1.82, 2.24) is 24.1 Å². The molecule has 0 fully saturated rings. The number of nitrogens with zero attached hydrogens (tertiary/aromatic N) is 5. The predicted octanol–water partition coefficient (Wildman–Crippen LogP) is 2.47. The zero-order valence-corrected chi connectivity index (χ0v) is 13.4. The molecule has 0 aliphatic heterocycles. The second-order valence-corrected chi connectivity index (χ2v) is 5.76. The number of imidazole rings is 2. The molecule has 4 rings (SSSR count). The summed E-state index contributed by atoms with van der Waals surface area (Å²) >= 11 is 0. The summed E-state index contributed by atoms with van der Waals surface area (Å²) < 4.78 is 17.4. The normalized spacial score (nSPS) is 11.3. The Morgan fingerprint density at radius 2 is 2.04 bits per heavy atom. The minimum Gasteiger partial charge on any atom is -0.395 e. The summed E-state index contributed by atoms with van der Waals surface area (Å²) in [5, 5.41) is 9.40. The molecule has 126 valence electrons. The predicted molar refractivity (Wildman–Crippen MR) is 91.3 cm³/mol. The number of halogens is 1. The maximum absolute atomic E-state index is 13.6. The third-order valence-corrected chi connectivity index (χ3v) is 4.01. The summed E-state index contributed by atoms with van der Waals surface area (Å²) in [6, 6.07) is 6.46. The van der Waals surface area contributed by atoms with Gasteiger partial charge in [0, 0.05) is 36.9 Å². The van der Waals surface area contributed by atoms with Gasteiger partial charge in [0.2, 0.25) is 0 Å². The molecule has 4 aromatic rings. The highest BCUT2D eigenvalue weighted by molar-refractivity contribution is 5.80. The van der Waals surface area contributed by atoms with Gasteiger partial charge in [-0.3, -0.25) is 4.98 Å². The molecule has 1 aromatic carbocycles. The van der Waals surface area contributed by atoms with Crippen LogP contribution in [-0.4, -0.2) is 35.8 Å². The Kier molecular flexibility index (Phi) is 3.99. The Bertz CT molecular complexity index is 1010. The van der Waals surface area contributed by atoms with Crippen molar-refractivity contribution in [3.05, 3.63) is 66.8 Å². The molecule has 0 amide bonds. The van der Waals surface area contributed by atoms with Gasteiger partial charge in [-0.2, -0.15) is 0 Å². The first-order valence-electron chi connectivity index (χ1n) is 7.91. The number of aromatic nitrogens is 5. The van der Waals surface area contributed by atoms with E-state index in [0.717, 1.165) is 11.1 Å². The molecule has 0 unspecified atom stereocenters. The molecule has 0 aliphatic carbocycles. The minimum absolute atomic E-state index is 0.0584. The number of fused-ring (bicyclic) bond motifs is 1. The number of benzene rings is 1. The molecule has 0 saturated carbocycles. The van der Waals surface area contributed by atoms with Crippen LogP contribution in [0.4, 0.5) is 4.39 Å². The van der Waals surface area contributed by atoms with Crippen LogP contribution < -0.4 is 0 Å². The first-order chi connectivity index (χ1) is 12.2. The van der Waals surface area contributed by atoms with Crippen molar-refractivity contribution in [3.8, 4) is 11.4 Å². The Morgan fingerprint density at radius 1 is 1.12 bits per heavy atom. The van der Waals surface area contributed by atoms with E-state index in [1.54, 1.807) is 31.0 Å². The fraction of sp³-hybridized carbons (Fsp3) is 0.167. The maximum Gasteiger partial charge on any atom is 0.142 e. The third-order valence-electron chi connectivity index (χ3n) is 4.01. The summed E-state index contributed by atoms with van der Waals surface area (Å²) in [6.07, 6.45) is 8.88. The number of aliphatic hydroxyl groups excluding tert-OH is 1. The fourth-order valence-electron chi connectivity index (χ4n) is 2.93. The van der Waals surface area contributed by atoms with Gasteiger partial charge in [0.15, 0.2) is 0 Å². The number of rotatable bonds is 5. The summed E-state index contributed by atoms with van der Waals surface area (Å²) in [7, 11) is 0. The molecular formula is C18H16FN5O. The lowest BCUT2D eigenvalue weighted by Crippen LogP contribution is -2.05. The highest BCUT2D eigenvalue weighted by Gasteiger charge is 2.14. The van der Waals surface area contributed by atoms with E-state index in [0.29, 0.717) is 29.9 Å².